The number of aromatic nitrogens is 5. The van der Waals surface area contributed by atoms with Crippen molar-refractivity contribution in [2.75, 3.05) is 6.26 Å². The second-order valence-corrected chi connectivity index (χ2v) is 11.4. The maximum Gasteiger partial charge on any atom is 0.573 e. The largest absolute Gasteiger partial charge is 0.573 e. The van der Waals surface area contributed by atoms with Gasteiger partial charge in [-0.3, -0.25) is 4.57 Å². The van der Waals surface area contributed by atoms with Crippen LogP contribution < -0.4 is 4.74 Å². The fourth-order valence-corrected chi connectivity index (χ4v) is 5.29. The molecule has 2 heterocycles. The van der Waals surface area contributed by atoms with Crippen LogP contribution >= 0.6 is 23.2 Å². The second kappa shape index (κ2) is 10.3. The molecular formula is C26H18Cl2F3N5O3S. The molecule has 40 heavy (non-hydrogen) atoms. The molecule has 8 nitrogen and oxygen atoms in total. The summed E-state index contributed by atoms with van der Waals surface area (Å²) in [5.41, 5.74) is 3.21. The zero-order valence-electron chi connectivity index (χ0n) is 20.7. The van der Waals surface area contributed by atoms with E-state index in [1.54, 1.807) is 47.9 Å². The summed E-state index contributed by atoms with van der Waals surface area (Å²) < 4.78 is 69.3. The molecule has 0 aliphatic carbocycles. The Bertz CT molecular complexity index is 1840. The van der Waals surface area contributed by atoms with E-state index in [9.17, 15) is 21.6 Å². The Balaban J connectivity index is 1.69. The van der Waals surface area contributed by atoms with Crippen LogP contribution in [0.3, 0.4) is 0 Å². The smallest absolute Gasteiger partial charge is 0.406 e. The Morgan fingerprint density at radius 2 is 1.57 bits per heavy atom. The lowest BCUT2D eigenvalue weighted by Crippen LogP contribution is -2.16. The third-order valence-corrected chi connectivity index (χ3v) is 7.74. The first-order chi connectivity index (χ1) is 18.8. The third kappa shape index (κ3) is 5.55. The van der Waals surface area contributed by atoms with Crippen LogP contribution in [0, 0.1) is 6.92 Å². The maximum absolute atomic E-state index is 12.6. The number of imidazole rings is 1. The lowest BCUT2D eigenvalue weighted by atomic mass is 10.0. The van der Waals surface area contributed by atoms with Gasteiger partial charge in [0.25, 0.3) is 0 Å². The number of halogens is 5. The molecule has 0 saturated carbocycles. The van der Waals surface area contributed by atoms with Gasteiger partial charge in [0.1, 0.15) is 11.6 Å². The van der Waals surface area contributed by atoms with Crippen LogP contribution in [0.2, 0.25) is 10.3 Å². The summed E-state index contributed by atoms with van der Waals surface area (Å²) in [6.07, 6.45) is -2.24. The molecule has 0 spiro atoms. The average molecular weight is 608 g/mol. The van der Waals surface area contributed by atoms with Crippen molar-refractivity contribution >= 4 is 33.0 Å². The van der Waals surface area contributed by atoms with Crippen molar-refractivity contribution in [3.63, 3.8) is 0 Å². The Hall–Kier alpha value is -3.87. The molecule has 2 aromatic heterocycles. The van der Waals surface area contributed by atoms with E-state index in [0.29, 0.717) is 39.6 Å². The molecular weight excluding hydrogens is 590 g/mol. The summed E-state index contributed by atoms with van der Waals surface area (Å²) in [7, 11) is -3.46. The summed E-state index contributed by atoms with van der Waals surface area (Å²) in [6.45, 7) is 1.71. The van der Waals surface area contributed by atoms with E-state index in [1.807, 2.05) is 0 Å². The minimum Gasteiger partial charge on any atom is -0.406 e. The van der Waals surface area contributed by atoms with Crippen molar-refractivity contribution < 1.29 is 26.3 Å². The number of nitrogens with zero attached hydrogens (tertiary/aromatic N) is 5. The number of aryl methyl sites for hydroxylation is 1. The minimum absolute atomic E-state index is 0.0918. The Morgan fingerprint density at radius 1 is 0.900 bits per heavy atom. The highest BCUT2D eigenvalue weighted by atomic mass is 35.5. The zero-order chi connectivity index (χ0) is 28.8. The van der Waals surface area contributed by atoms with Crippen LogP contribution in [-0.2, 0) is 9.84 Å². The minimum atomic E-state index is -4.82. The van der Waals surface area contributed by atoms with E-state index >= 15 is 0 Å². The molecule has 0 atom stereocenters. The number of sulfone groups is 1. The van der Waals surface area contributed by atoms with Crippen molar-refractivity contribution in [3.05, 3.63) is 89.1 Å². The number of benzene rings is 3. The average Bonchev–Trinajstić information content (AvgIpc) is 3.47. The van der Waals surface area contributed by atoms with Crippen LogP contribution in [0.4, 0.5) is 13.2 Å². The topological polar surface area (TPSA) is 91.9 Å². The Labute approximate surface area is 236 Å². The fraction of sp³-hybridized carbons (Fsp3) is 0.115. The molecule has 5 rings (SSSR count). The van der Waals surface area contributed by atoms with Crippen molar-refractivity contribution in [2.45, 2.75) is 18.2 Å². The summed E-state index contributed by atoms with van der Waals surface area (Å²) in [6, 6.07) is 17.0. The maximum atomic E-state index is 12.6. The molecule has 0 radical (unpaired) electrons. The van der Waals surface area contributed by atoms with Gasteiger partial charge in [0.2, 0.25) is 0 Å². The lowest BCUT2D eigenvalue weighted by molar-refractivity contribution is -0.274. The predicted octanol–water partition coefficient (Wildman–Crippen LogP) is 6.70. The van der Waals surface area contributed by atoms with E-state index in [4.69, 9.17) is 23.2 Å². The van der Waals surface area contributed by atoms with Gasteiger partial charge in [-0.05, 0) is 66.6 Å². The van der Waals surface area contributed by atoms with Gasteiger partial charge in [-0.15, -0.1) is 18.3 Å². The van der Waals surface area contributed by atoms with Gasteiger partial charge in [-0.2, -0.15) is 0 Å². The molecule has 0 aliphatic rings. The van der Waals surface area contributed by atoms with E-state index in [0.717, 1.165) is 6.26 Å². The molecule has 0 N–H and O–H groups in total. The van der Waals surface area contributed by atoms with Gasteiger partial charge in [-0.25, -0.2) is 18.1 Å². The Morgan fingerprint density at radius 3 is 2.20 bits per heavy atom. The summed E-state index contributed by atoms with van der Waals surface area (Å²) in [4.78, 5) is 4.38. The van der Waals surface area contributed by atoms with Gasteiger partial charge in [0.05, 0.1) is 28.2 Å². The second-order valence-electron chi connectivity index (χ2n) is 8.68. The first-order valence-electron chi connectivity index (χ1n) is 11.4. The van der Waals surface area contributed by atoms with Crippen molar-refractivity contribution in [2.24, 2.45) is 0 Å². The molecule has 3 aromatic carbocycles. The monoisotopic (exact) mass is 607 g/mol. The predicted molar refractivity (Wildman–Crippen MR) is 144 cm³/mol. The van der Waals surface area contributed by atoms with Crippen LogP contribution in [0.1, 0.15) is 5.82 Å². The third-order valence-electron chi connectivity index (χ3n) is 5.92. The SMILES string of the molecule is Cc1nc(Cl)c(Cl)n1-c1ccc(-c2cccc(S(C)(=O)=O)c2)cc1-n1nncc1-c1ccc(OC(F)(F)F)cc1. The van der Waals surface area contributed by atoms with Crippen molar-refractivity contribution in [1.82, 2.24) is 24.5 Å². The molecule has 0 fully saturated rings. The number of rotatable bonds is 6. The van der Waals surface area contributed by atoms with Crippen molar-refractivity contribution in [3.8, 4) is 39.5 Å². The molecule has 5 aromatic rings. The summed E-state index contributed by atoms with van der Waals surface area (Å²) >= 11 is 12.7. The highest BCUT2D eigenvalue weighted by Gasteiger charge is 2.31. The van der Waals surface area contributed by atoms with E-state index in [2.05, 4.69) is 20.0 Å². The molecule has 0 unspecified atom stereocenters. The van der Waals surface area contributed by atoms with Gasteiger partial charge in [0, 0.05) is 11.8 Å². The van der Waals surface area contributed by atoms with E-state index < -0.39 is 16.2 Å². The van der Waals surface area contributed by atoms with Crippen LogP contribution in [0.5, 0.6) is 5.75 Å². The molecule has 0 saturated heterocycles. The van der Waals surface area contributed by atoms with Crippen LogP contribution in [-0.4, -0.2) is 45.6 Å². The highest BCUT2D eigenvalue weighted by Crippen LogP contribution is 2.35. The van der Waals surface area contributed by atoms with Gasteiger partial charge < -0.3 is 4.74 Å². The number of hydrogen-bond donors (Lipinski definition) is 0. The van der Waals surface area contributed by atoms with Gasteiger partial charge in [-0.1, -0.05) is 46.6 Å². The van der Waals surface area contributed by atoms with Crippen molar-refractivity contribution in [1.29, 1.82) is 0 Å². The molecule has 206 valence electrons. The van der Waals surface area contributed by atoms with Crippen LogP contribution in [0.25, 0.3) is 33.8 Å². The van der Waals surface area contributed by atoms with E-state index in [1.165, 1.54) is 41.2 Å². The number of hydrogen-bond acceptors (Lipinski definition) is 6. The zero-order valence-corrected chi connectivity index (χ0v) is 23.0. The molecule has 14 heteroatoms. The Kier molecular flexibility index (Phi) is 7.11. The summed E-state index contributed by atoms with van der Waals surface area (Å²) in [5, 5.41) is 8.51. The van der Waals surface area contributed by atoms with Crippen LogP contribution in [0.15, 0.2) is 77.8 Å². The normalized spacial score (nSPS) is 12.1. The molecule has 0 bridgehead atoms. The first-order valence-corrected chi connectivity index (χ1v) is 14.1. The molecule has 0 amide bonds. The van der Waals surface area contributed by atoms with E-state index in [-0.39, 0.29) is 21.0 Å². The highest BCUT2D eigenvalue weighted by molar-refractivity contribution is 7.90. The number of alkyl halides is 3. The molecule has 0 aliphatic heterocycles. The van der Waals surface area contributed by atoms with Gasteiger partial charge in [0.15, 0.2) is 20.1 Å². The quantitative estimate of drug-likeness (QED) is 0.213. The first kappa shape index (κ1) is 27.7. The summed E-state index contributed by atoms with van der Waals surface area (Å²) in [5.74, 6) is 0.109. The standard InChI is InChI=1S/C26H18Cl2F3N5O3S/c1-15-33-24(27)25(28)35(15)21-11-8-18(17-4-3-5-20(12-17)40(2,37)38)13-22(21)36-23(14-32-34-36)16-6-9-19(10-7-16)39-26(29,30)31/h3-14H,1-2H3. The number of ether oxygens (including phenoxy) is 1. The van der Waals surface area contributed by atoms with Gasteiger partial charge >= 0.3 is 6.36 Å². The lowest BCUT2D eigenvalue weighted by Gasteiger charge is -2.17. The fourth-order valence-electron chi connectivity index (χ4n) is 4.16.